The Labute approximate surface area is 123 Å². The molecule has 1 aromatic carbocycles. The van der Waals surface area contributed by atoms with Crippen LogP contribution in [0.5, 0.6) is 0 Å². The molecule has 0 saturated heterocycles. The second-order valence-corrected chi connectivity index (χ2v) is 4.97. The topological polar surface area (TPSA) is 94.0 Å². The number of nitrogens with two attached hydrogens (primary N) is 1. The van der Waals surface area contributed by atoms with Gasteiger partial charge >= 0.3 is 0 Å². The number of carbonyl (C=O) groups is 1. The Balaban J connectivity index is 2.20. The molecular formula is C15H20N4O2. The molecule has 2 rings (SSSR count). The Morgan fingerprint density at radius 1 is 1.38 bits per heavy atom. The van der Waals surface area contributed by atoms with E-state index in [-0.39, 0.29) is 5.91 Å². The van der Waals surface area contributed by atoms with Gasteiger partial charge in [0.25, 0.3) is 0 Å². The Morgan fingerprint density at radius 3 is 2.71 bits per heavy atom. The van der Waals surface area contributed by atoms with Gasteiger partial charge in [-0.3, -0.25) is 4.79 Å². The maximum atomic E-state index is 12.5. The van der Waals surface area contributed by atoms with Crippen LogP contribution in [0.4, 0.5) is 5.69 Å². The molecule has 0 atom stereocenters. The van der Waals surface area contributed by atoms with E-state index < -0.39 is 5.41 Å². The lowest BCUT2D eigenvalue weighted by atomic mass is 9.81. The molecule has 21 heavy (non-hydrogen) atoms. The molecule has 0 aliphatic heterocycles. The molecule has 2 aromatic rings. The van der Waals surface area contributed by atoms with Gasteiger partial charge in [0.05, 0.1) is 5.41 Å². The third kappa shape index (κ3) is 3.11. The smallest absolute Gasteiger partial charge is 0.247 e. The van der Waals surface area contributed by atoms with Crippen molar-refractivity contribution in [3.63, 3.8) is 0 Å². The van der Waals surface area contributed by atoms with Crippen LogP contribution in [-0.4, -0.2) is 22.6 Å². The van der Waals surface area contributed by atoms with Gasteiger partial charge < -0.3 is 15.5 Å². The van der Waals surface area contributed by atoms with E-state index in [9.17, 15) is 4.79 Å². The summed E-state index contributed by atoms with van der Waals surface area (Å²) in [6, 6.07) is 7.30. The average Bonchev–Trinajstić information content (AvgIpc) is 3.04. The predicted octanol–water partition coefficient (Wildman–Crippen LogP) is 2.44. The molecule has 0 unspecified atom stereocenters. The molecule has 6 nitrogen and oxygen atoms in total. The van der Waals surface area contributed by atoms with Crippen molar-refractivity contribution >= 4 is 11.6 Å². The quantitative estimate of drug-likeness (QED) is 0.851. The van der Waals surface area contributed by atoms with Gasteiger partial charge in [0.15, 0.2) is 0 Å². The molecule has 0 spiro atoms. The zero-order valence-corrected chi connectivity index (χ0v) is 12.3. The van der Waals surface area contributed by atoms with Crippen molar-refractivity contribution in [1.29, 1.82) is 0 Å². The number of aromatic nitrogens is 2. The number of amides is 1. The fourth-order valence-corrected chi connectivity index (χ4v) is 2.24. The van der Waals surface area contributed by atoms with E-state index in [4.69, 9.17) is 10.2 Å². The fourth-order valence-electron chi connectivity index (χ4n) is 2.24. The highest BCUT2D eigenvalue weighted by molar-refractivity contribution is 5.95. The molecular weight excluding hydrogens is 268 g/mol. The summed E-state index contributed by atoms with van der Waals surface area (Å²) in [4.78, 5) is 12.5. The number of nitrogens with one attached hydrogen (secondary N) is 1. The zero-order chi connectivity index (χ0) is 15.3. The normalized spacial score (nSPS) is 11.4. The third-order valence-electron chi connectivity index (χ3n) is 3.95. The summed E-state index contributed by atoms with van der Waals surface area (Å²) in [6.45, 7) is 4.28. The molecule has 1 amide bonds. The molecule has 0 aliphatic rings. The number of nitrogens with zero attached hydrogens (tertiary/aromatic N) is 2. The van der Waals surface area contributed by atoms with Crippen molar-refractivity contribution < 1.29 is 9.21 Å². The largest absolute Gasteiger partial charge is 0.423 e. The fraction of sp³-hybridized carbons (Fsp3) is 0.400. The molecule has 6 heteroatoms. The monoisotopic (exact) mass is 288 g/mol. The number of hydrogen-bond acceptors (Lipinski definition) is 5. The number of rotatable bonds is 6. The first kappa shape index (κ1) is 15.2. The lowest BCUT2D eigenvalue weighted by Crippen LogP contribution is -2.41. The third-order valence-corrected chi connectivity index (χ3v) is 3.95. The van der Waals surface area contributed by atoms with Crippen LogP contribution < -0.4 is 11.1 Å². The van der Waals surface area contributed by atoms with E-state index in [1.807, 2.05) is 32.0 Å². The lowest BCUT2D eigenvalue weighted by molar-refractivity contribution is -0.125. The Hall–Kier alpha value is -2.21. The molecule has 1 aromatic heterocycles. The maximum Gasteiger partial charge on any atom is 0.247 e. The maximum absolute atomic E-state index is 12.5. The molecule has 3 N–H and O–H groups in total. The number of carbonyl (C=O) groups excluding carboxylic acids is 1. The van der Waals surface area contributed by atoms with Gasteiger partial charge in [0, 0.05) is 17.8 Å². The summed E-state index contributed by atoms with van der Waals surface area (Å²) in [6.07, 6.45) is 2.68. The minimum absolute atomic E-state index is 0.0577. The van der Waals surface area contributed by atoms with E-state index in [1.165, 1.54) is 6.39 Å². The second kappa shape index (κ2) is 6.49. The molecule has 0 bridgehead atoms. The summed E-state index contributed by atoms with van der Waals surface area (Å²) in [5, 5.41) is 10.4. The van der Waals surface area contributed by atoms with Crippen LogP contribution in [-0.2, 0) is 4.79 Å². The summed E-state index contributed by atoms with van der Waals surface area (Å²) < 4.78 is 5.16. The zero-order valence-electron chi connectivity index (χ0n) is 12.3. The van der Waals surface area contributed by atoms with E-state index in [1.54, 1.807) is 6.07 Å². The Morgan fingerprint density at radius 2 is 2.14 bits per heavy atom. The average molecular weight is 288 g/mol. The molecule has 0 aliphatic carbocycles. The van der Waals surface area contributed by atoms with Gasteiger partial charge in [0.1, 0.15) is 0 Å². The van der Waals surface area contributed by atoms with Crippen molar-refractivity contribution in [2.75, 3.05) is 11.9 Å². The van der Waals surface area contributed by atoms with Gasteiger partial charge in [0.2, 0.25) is 18.2 Å². The molecule has 1 heterocycles. The highest BCUT2D eigenvalue weighted by atomic mass is 16.4. The standard InChI is InChI=1S/C15H20N4O2/c1-3-15(4-2,9-16)14(20)18-12-7-5-6-11(8-12)13-19-17-10-21-13/h5-8,10H,3-4,9,16H2,1-2H3,(H,18,20). The predicted molar refractivity (Wildman–Crippen MR) is 80.4 cm³/mol. The van der Waals surface area contributed by atoms with Crippen molar-refractivity contribution in [3.8, 4) is 11.5 Å². The lowest BCUT2D eigenvalue weighted by Gasteiger charge is -2.28. The number of anilines is 1. The Kier molecular flexibility index (Phi) is 4.70. The number of hydrogen-bond donors (Lipinski definition) is 2. The van der Waals surface area contributed by atoms with E-state index >= 15 is 0 Å². The first-order chi connectivity index (χ1) is 10.1. The van der Waals surface area contributed by atoms with Crippen LogP contribution in [0.2, 0.25) is 0 Å². The Bertz CT molecular complexity index is 583. The minimum atomic E-state index is -0.527. The van der Waals surface area contributed by atoms with Gasteiger partial charge in [-0.2, -0.15) is 0 Å². The molecule has 112 valence electrons. The van der Waals surface area contributed by atoms with Gasteiger partial charge in [-0.25, -0.2) is 0 Å². The second-order valence-electron chi connectivity index (χ2n) is 4.97. The molecule has 0 saturated carbocycles. The summed E-state index contributed by atoms with van der Waals surface area (Å²) in [5.41, 5.74) is 6.72. The summed E-state index contributed by atoms with van der Waals surface area (Å²) in [7, 11) is 0. The van der Waals surface area contributed by atoms with Gasteiger partial charge in [-0.15, -0.1) is 10.2 Å². The highest BCUT2D eigenvalue weighted by Gasteiger charge is 2.33. The van der Waals surface area contributed by atoms with Gasteiger partial charge in [-0.05, 0) is 31.0 Å². The van der Waals surface area contributed by atoms with E-state index in [0.29, 0.717) is 31.0 Å². The van der Waals surface area contributed by atoms with Crippen LogP contribution >= 0.6 is 0 Å². The highest BCUT2D eigenvalue weighted by Crippen LogP contribution is 2.28. The van der Waals surface area contributed by atoms with Crippen molar-refractivity contribution in [1.82, 2.24) is 10.2 Å². The van der Waals surface area contributed by atoms with Crippen LogP contribution in [0.1, 0.15) is 26.7 Å². The number of benzene rings is 1. The molecule has 0 fully saturated rings. The van der Waals surface area contributed by atoms with Crippen LogP contribution in [0.15, 0.2) is 35.1 Å². The van der Waals surface area contributed by atoms with Crippen molar-refractivity contribution in [2.45, 2.75) is 26.7 Å². The first-order valence-corrected chi connectivity index (χ1v) is 7.03. The summed E-state index contributed by atoms with van der Waals surface area (Å²) >= 11 is 0. The van der Waals surface area contributed by atoms with E-state index in [2.05, 4.69) is 15.5 Å². The molecule has 0 radical (unpaired) electrons. The summed E-state index contributed by atoms with van der Waals surface area (Å²) in [5.74, 6) is 0.361. The van der Waals surface area contributed by atoms with E-state index in [0.717, 1.165) is 5.56 Å². The van der Waals surface area contributed by atoms with Crippen LogP contribution in [0.25, 0.3) is 11.5 Å². The van der Waals surface area contributed by atoms with Crippen LogP contribution in [0.3, 0.4) is 0 Å². The minimum Gasteiger partial charge on any atom is -0.423 e. The van der Waals surface area contributed by atoms with Crippen molar-refractivity contribution in [2.24, 2.45) is 11.1 Å². The SMILES string of the molecule is CCC(CC)(CN)C(=O)Nc1cccc(-c2nnco2)c1. The first-order valence-electron chi connectivity index (χ1n) is 7.03. The van der Waals surface area contributed by atoms with Crippen LogP contribution in [0, 0.1) is 5.41 Å². The van der Waals surface area contributed by atoms with Gasteiger partial charge in [-0.1, -0.05) is 19.9 Å². The van der Waals surface area contributed by atoms with Crippen molar-refractivity contribution in [3.05, 3.63) is 30.7 Å².